The molecule has 0 aliphatic heterocycles. The van der Waals surface area contributed by atoms with Crippen LogP contribution in [0.4, 0.5) is 0 Å². The van der Waals surface area contributed by atoms with Crippen LogP contribution in [0, 0.1) is 0 Å². The van der Waals surface area contributed by atoms with Crippen molar-refractivity contribution in [2.75, 3.05) is 12.4 Å². The van der Waals surface area contributed by atoms with Crippen molar-refractivity contribution in [1.29, 1.82) is 0 Å². The molecule has 1 heterocycles. The predicted molar refractivity (Wildman–Crippen MR) is 74.8 cm³/mol. The molecule has 1 aromatic carbocycles. The highest BCUT2D eigenvalue weighted by Gasteiger charge is 2.11. The molecule has 0 saturated carbocycles. The van der Waals surface area contributed by atoms with Crippen molar-refractivity contribution in [3.05, 3.63) is 29.3 Å². The third-order valence-electron chi connectivity index (χ3n) is 2.17. The summed E-state index contributed by atoms with van der Waals surface area (Å²) in [6.45, 7) is 6.47. The number of aromatic nitrogens is 2. The predicted octanol–water partition coefficient (Wildman–Crippen LogP) is 3.38. The topological polar surface area (TPSA) is 39.2 Å². The number of thioether (sulfide) groups is 1. The first kappa shape index (κ1) is 12.5. The van der Waals surface area contributed by atoms with E-state index in [9.17, 15) is 0 Å². The van der Waals surface area contributed by atoms with Gasteiger partial charge in [0.2, 0.25) is 0 Å². The molecule has 3 nitrogen and oxygen atoms in total. The molecule has 1 aromatic heterocycles. The SMILES string of the molecule is C=C(Br)CSc1[nH]c2cc(OCC)ccc2[nH+]1. The summed E-state index contributed by atoms with van der Waals surface area (Å²) in [4.78, 5) is 6.63. The zero-order valence-corrected chi connectivity index (χ0v) is 12.0. The minimum atomic E-state index is 0.681. The lowest BCUT2D eigenvalue weighted by molar-refractivity contribution is -0.396. The molecule has 0 unspecified atom stereocenters. The summed E-state index contributed by atoms with van der Waals surface area (Å²) in [5, 5.41) is 1.02. The van der Waals surface area contributed by atoms with Gasteiger partial charge >= 0.3 is 5.16 Å². The quantitative estimate of drug-likeness (QED) is 0.859. The summed E-state index contributed by atoms with van der Waals surface area (Å²) < 4.78 is 6.44. The molecule has 2 rings (SSSR count). The number of imidazole rings is 1. The van der Waals surface area contributed by atoms with Gasteiger partial charge in [-0.1, -0.05) is 22.5 Å². The van der Waals surface area contributed by atoms with Crippen molar-refractivity contribution in [1.82, 2.24) is 4.98 Å². The van der Waals surface area contributed by atoms with Crippen LogP contribution in [0.3, 0.4) is 0 Å². The number of rotatable bonds is 5. The molecule has 0 bridgehead atoms. The third-order valence-corrected chi connectivity index (χ3v) is 3.81. The Morgan fingerprint density at radius 1 is 1.59 bits per heavy atom. The van der Waals surface area contributed by atoms with Gasteiger partial charge in [-0.2, -0.15) is 0 Å². The largest absolute Gasteiger partial charge is 0.494 e. The van der Waals surface area contributed by atoms with Gasteiger partial charge in [-0.05, 0) is 35.3 Å². The van der Waals surface area contributed by atoms with Crippen LogP contribution >= 0.6 is 27.7 Å². The van der Waals surface area contributed by atoms with Gasteiger partial charge in [0, 0.05) is 11.8 Å². The zero-order chi connectivity index (χ0) is 12.3. The fourth-order valence-corrected chi connectivity index (χ4v) is 2.50. The second kappa shape index (κ2) is 5.60. The summed E-state index contributed by atoms with van der Waals surface area (Å²) in [7, 11) is 0. The van der Waals surface area contributed by atoms with Crippen molar-refractivity contribution in [2.24, 2.45) is 0 Å². The average Bonchev–Trinajstić information content (AvgIpc) is 2.69. The van der Waals surface area contributed by atoms with Crippen molar-refractivity contribution < 1.29 is 9.72 Å². The number of ether oxygens (including phenoxy) is 1. The van der Waals surface area contributed by atoms with Gasteiger partial charge < -0.3 is 4.74 Å². The molecule has 2 N–H and O–H groups in total. The molecule has 90 valence electrons. The molecular weight excluding hydrogens is 300 g/mol. The monoisotopic (exact) mass is 313 g/mol. The highest BCUT2D eigenvalue weighted by Crippen LogP contribution is 2.22. The molecule has 0 radical (unpaired) electrons. The number of hydrogen-bond donors (Lipinski definition) is 1. The van der Waals surface area contributed by atoms with Crippen LogP contribution in [0.25, 0.3) is 11.0 Å². The Morgan fingerprint density at radius 3 is 3.12 bits per heavy atom. The maximum atomic E-state index is 5.46. The second-order valence-electron chi connectivity index (χ2n) is 3.53. The Hall–Kier alpha value is -0.940. The van der Waals surface area contributed by atoms with E-state index in [0.29, 0.717) is 6.61 Å². The van der Waals surface area contributed by atoms with E-state index >= 15 is 0 Å². The van der Waals surface area contributed by atoms with Gasteiger partial charge in [-0.3, -0.25) is 0 Å². The van der Waals surface area contributed by atoms with Crippen molar-refractivity contribution in [3.8, 4) is 5.75 Å². The maximum absolute atomic E-state index is 5.46. The molecule has 0 spiro atoms. The lowest BCUT2D eigenvalue weighted by Crippen LogP contribution is -2.01. The summed E-state index contributed by atoms with van der Waals surface area (Å²) in [5.74, 6) is 1.72. The highest BCUT2D eigenvalue weighted by atomic mass is 79.9. The normalized spacial score (nSPS) is 10.7. The molecule has 2 aromatic rings. The van der Waals surface area contributed by atoms with Gasteiger partial charge in [-0.25, -0.2) is 9.97 Å². The van der Waals surface area contributed by atoms with E-state index in [-0.39, 0.29) is 0 Å². The molecular formula is C12H14BrN2OS+. The van der Waals surface area contributed by atoms with E-state index in [1.54, 1.807) is 11.8 Å². The van der Waals surface area contributed by atoms with E-state index in [4.69, 9.17) is 4.74 Å². The highest BCUT2D eigenvalue weighted by molar-refractivity contribution is 9.11. The van der Waals surface area contributed by atoms with E-state index in [1.807, 2.05) is 25.1 Å². The molecule has 0 amide bonds. The minimum Gasteiger partial charge on any atom is -0.494 e. The lowest BCUT2D eigenvalue weighted by atomic mass is 10.3. The molecule has 0 aliphatic carbocycles. The first-order valence-corrected chi connectivity index (χ1v) is 7.11. The van der Waals surface area contributed by atoms with Crippen LogP contribution in [0.2, 0.25) is 0 Å². The number of halogens is 1. The number of nitrogens with one attached hydrogen (secondary N) is 2. The zero-order valence-electron chi connectivity index (χ0n) is 9.55. The first-order chi connectivity index (χ1) is 8.19. The third kappa shape index (κ3) is 3.26. The number of fused-ring (bicyclic) bond motifs is 1. The summed E-state index contributed by atoms with van der Waals surface area (Å²) in [5.41, 5.74) is 2.13. The van der Waals surface area contributed by atoms with Crippen LogP contribution in [-0.4, -0.2) is 17.3 Å². The van der Waals surface area contributed by atoms with Crippen LogP contribution < -0.4 is 9.72 Å². The second-order valence-corrected chi connectivity index (χ2v) is 5.63. The Bertz CT molecular complexity index is 538. The van der Waals surface area contributed by atoms with Crippen molar-refractivity contribution in [3.63, 3.8) is 0 Å². The number of aromatic amines is 2. The fourth-order valence-electron chi connectivity index (χ4n) is 1.49. The van der Waals surface area contributed by atoms with E-state index in [1.165, 1.54) is 0 Å². The average molecular weight is 314 g/mol. The van der Waals surface area contributed by atoms with E-state index in [0.717, 1.165) is 32.2 Å². The molecule has 5 heteroatoms. The maximum Gasteiger partial charge on any atom is 0.314 e. The van der Waals surface area contributed by atoms with Gasteiger partial charge in [0.1, 0.15) is 5.75 Å². The lowest BCUT2D eigenvalue weighted by Gasteiger charge is -1.99. The summed E-state index contributed by atoms with van der Waals surface area (Å²) in [6, 6.07) is 5.99. The summed E-state index contributed by atoms with van der Waals surface area (Å²) in [6.07, 6.45) is 0. The van der Waals surface area contributed by atoms with E-state index < -0.39 is 0 Å². The Kier molecular flexibility index (Phi) is 4.12. The molecule has 0 atom stereocenters. The van der Waals surface area contributed by atoms with Crippen molar-refractivity contribution in [2.45, 2.75) is 12.1 Å². The fraction of sp³-hybridized carbons (Fsp3) is 0.250. The summed E-state index contributed by atoms with van der Waals surface area (Å²) >= 11 is 5.02. The van der Waals surface area contributed by atoms with Gasteiger partial charge in [-0.15, -0.1) is 0 Å². The molecule has 17 heavy (non-hydrogen) atoms. The minimum absolute atomic E-state index is 0.681. The number of hydrogen-bond acceptors (Lipinski definition) is 2. The molecule has 0 saturated heterocycles. The first-order valence-electron chi connectivity index (χ1n) is 5.33. The smallest absolute Gasteiger partial charge is 0.314 e. The van der Waals surface area contributed by atoms with Crippen LogP contribution in [-0.2, 0) is 0 Å². The van der Waals surface area contributed by atoms with Crippen LogP contribution in [0.5, 0.6) is 5.75 Å². The number of H-pyrrole nitrogens is 2. The Balaban J connectivity index is 2.21. The standard InChI is InChI=1S/C12H13BrN2OS/c1-3-16-9-4-5-10-11(6-9)15-12(14-10)17-7-8(2)13/h4-6H,2-3,7H2,1H3,(H,14,15)/p+1. The van der Waals surface area contributed by atoms with E-state index in [2.05, 4.69) is 32.5 Å². The Labute approximate surface area is 113 Å². The van der Waals surface area contributed by atoms with Gasteiger partial charge in [0.15, 0.2) is 11.0 Å². The van der Waals surface area contributed by atoms with Gasteiger partial charge in [0.05, 0.1) is 6.61 Å². The number of benzene rings is 1. The molecule has 0 aliphatic rings. The molecule has 0 fully saturated rings. The van der Waals surface area contributed by atoms with Crippen LogP contribution in [0.1, 0.15) is 6.92 Å². The van der Waals surface area contributed by atoms with Gasteiger partial charge in [0.25, 0.3) is 0 Å². The Morgan fingerprint density at radius 2 is 2.41 bits per heavy atom. The van der Waals surface area contributed by atoms with Crippen LogP contribution in [0.15, 0.2) is 34.4 Å². The van der Waals surface area contributed by atoms with Crippen molar-refractivity contribution >= 4 is 38.7 Å².